The van der Waals surface area contributed by atoms with Crippen molar-refractivity contribution >= 4 is 5.97 Å². The molecule has 0 aromatic rings. The van der Waals surface area contributed by atoms with Crippen molar-refractivity contribution < 1.29 is 14.6 Å². The van der Waals surface area contributed by atoms with Crippen molar-refractivity contribution in [2.75, 3.05) is 33.4 Å². The van der Waals surface area contributed by atoms with Gasteiger partial charge in [0, 0.05) is 26.2 Å². The summed E-state index contributed by atoms with van der Waals surface area (Å²) < 4.78 is 5.21. The predicted octanol–water partition coefficient (Wildman–Crippen LogP) is 1.21. The summed E-state index contributed by atoms with van der Waals surface area (Å²) in [6.07, 6.45) is 1.99. The van der Waals surface area contributed by atoms with Gasteiger partial charge in [0.15, 0.2) is 0 Å². The lowest BCUT2D eigenvalue weighted by atomic mass is 10.3. The fourth-order valence-electron chi connectivity index (χ4n) is 1.19. The second-order valence-corrected chi connectivity index (χ2v) is 3.35. The van der Waals surface area contributed by atoms with E-state index in [1.54, 1.807) is 0 Å². The Hall–Kier alpha value is -0.610. The maximum atomic E-state index is 10.2. The molecule has 0 heterocycles. The van der Waals surface area contributed by atoms with Crippen LogP contribution in [0.1, 0.15) is 26.2 Å². The minimum absolute atomic E-state index is 0.260. The van der Waals surface area contributed by atoms with E-state index in [2.05, 4.69) is 4.90 Å². The first-order valence-electron chi connectivity index (χ1n) is 5.15. The van der Waals surface area contributed by atoms with E-state index in [0.29, 0.717) is 0 Å². The van der Waals surface area contributed by atoms with Gasteiger partial charge in [-0.1, -0.05) is 0 Å². The summed E-state index contributed by atoms with van der Waals surface area (Å²) in [5, 5.41) is 8.43. The monoisotopic (exact) mass is 203 g/mol. The molecule has 0 radical (unpaired) electrons. The molecule has 0 saturated carbocycles. The summed E-state index contributed by atoms with van der Waals surface area (Å²) >= 11 is 0. The van der Waals surface area contributed by atoms with E-state index in [9.17, 15) is 4.79 Å². The molecule has 0 bridgehead atoms. The molecule has 1 N–H and O–H groups in total. The zero-order chi connectivity index (χ0) is 10.8. The molecular weight excluding hydrogens is 182 g/mol. The molecule has 4 heteroatoms. The van der Waals surface area contributed by atoms with Crippen molar-refractivity contribution in [1.29, 1.82) is 0 Å². The topological polar surface area (TPSA) is 49.8 Å². The maximum Gasteiger partial charge on any atom is 0.303 e. The number of hydrogen-bond donors (Lipinski definition) is 1. The van der Waals surface area contributed by atoms with E-state index in [1.165, 1.54) is 0 Å². The van der Waals surface area contributed by atoms with Crippen molar-refractivity contribution in [3.8, 4) is 0 Å². The van der Waals surface area contributed by atoms with Crippen LogP contribution in [0.4, 0.5) is 0 Å². The zero-order valence-electron chi connectivity index (χ0n) is 9.16. The Labute approximate surface area is 85.9 Å². The number of rotatable bonds is 9. The number of ether oxygens (including phenoxy) is 1. The molecule has 0 aromatic carbocycles. The standard InChI is InChI=1S/C10H21NO3/c1-3-14-9-5-8-11(2)7-4-6-10(12)13/h3-9H2,1-2H3,(H,12,13). The van der Waals surface area contributed by atoms with E-state index in [-0.39, 0.29) is 6.42 Å². The fourth-order valence-corrected chi connectivity index (χ4v) is 1.19. The minimum Gasteiger partial charge on any atom is -0.481 e. The van der Waals surface area contributed by atoms with Crippen LogP contribution in [0.15, 0.2) is 0 Å². The Morgan fingerprint density at radius 3 is 2.57 bits per heavy atom. The second-order valence-electron chi connectivity index (χ2n) is 3.35. The number of aliphatic carboxylic acids is 1. The van der Waals surface area contributed by atoms with Crippen LogP contribution in [0.2, 0.25) is 0 Å². The summed E-state index contributed by atoms with van der Waals surface area (Å²) in [7, 11) is 2.01. The third kappa shape index (κ3) is 9.48. The Kier molecular flexibility index (Phi) is 8.57. The summed E-state index contributed by atoms with van der Waals surface area (Å²) in [4.78, 5) is 12.4. The molecule has 0 aliphatic carbocycles. The Balaban J connectivity index is 3.19. The van der Waals surface area contributed by atoms with E-state index in [0.717, 1.165) is 39.1 Å². The highest BCUT2D eigenvalue weighted by Crippen LogP contribution is 1.94. The number of hydrogen-bond acceptors (Lipinski definition) is 3. The number of carboxylic acids is 1. The van der Waals surface area contributed by atoms with Gasteiger partial charge in [-0.2, -0.15) is 0 Å². The van der Waals surface area contributed by atoms with Gasteiger partial charge in [-0.25, -0.2) is 0 Å². The van der Waals surface area contributed by atoms with Crippen molar-refractivity contribution in [3.05, 3.63) is 0 Å². The lowest BCUT2D eigenvalue weighted by molar-refractivity contribution is -0.137. The van der Waals surface area contributed by atoms with E-state index >= 15 is 0 Å². The molecule has 0 atom stereocenters. The molecule has 0 saturated heterocycles. The van der Waals surface area contributed by atoms with E-state index < -0.39 is 5.97 Å². The minimum atomic E-state index is -0.715. The van der Waals surface area contributed by atoms with Gasteiger partial charge in [-0.05, 0) is 33.4 Å². The molecule has 0 unspecified atom stereocenters. The van der Waals surface area contributed by atoms with Crippen molar-refractivity contribution in [3.63, 3.8) is 0 Å². The van der Waals surface area contributed by atoms with E-state index in [1.807, 2.05) is 14.0 Å². The van der Waals surface area contributed by atoms with Crippen molar-refractivity contribution in [2.24, 2.45) is 0 Å². The molecule has 0 aliphatic rings. The number of carbonyl (C=O) groups is 1. The Bertz CT molecular complexity index is 150. The molecule has 0 aliphatic heterocycles. The normalized spacial score (nSPS) is 10.8. The molecule has 0 spiro atoms. The summed E-state index contributed by atoms with van der Waals surface area (Å²) in [6, 6.07) is 0. The average molecular weight is 203 g/mol. The molecule has 0 aromatic heterocycles. The molecule has 4 nitrogen and oxygen atoms in total. The average Bonchev–Trinajstić information content (AvgIpc) is 2.12. The smallest absolute Gasteiger partial charge is 0.303 e. The van der Waals surface area contributed by atoms with Crippen LogP contribution >= 0.6 is 0 Å². The van der Waals surface area contributed by atoms with Crippen LogP contribution in [0.25, 0.3) is 0 Å². The first kappa shape index (κ1) is 13.4. The van der Waals surface area contributed by atoms with Crippen LogP contribution in [0, 0.1) is 0 Å². The van der Waals surface area contributed by atoms with Gasteiger partial charge in [0.2, 0.25) is 0 Å². The predicted molar refractivity (Wildman–Crippen MR) is 55.5 cm³/mol. The Morgan fingerprint density at radius 1 is 1.36 bits per heavy atom. The zero-order valence-corrected chi connectivity index (χ0v) is 9.16. The van der Waals surface area contributed by atoms with Gasteiger partial charge >= 0.3 is 5.97 Å². The van der Waals surface area contributed by atoms with Gasteiger partial charge in [-0.15, -0.1) is 0 Å². The van der Waals surface area contributed by atoms with Crippen LogP contribution in [-0.2, 0) is 9.53 Å². The van der Waals surface area contributed by atoms with Crippen LogP contribution in [0.3, 0.4) is 0 Å². The summed E-state index contributed by atoms with van der Waals surface area (Å²) in [6.45, 7) is 5.36. The van der Waals surface area contributed by atoms with Gasteiger partial charge in [0.1, 0.15) is 0 Å². The third-order valence-electron chi connectivity index (χ3n) is 1.96. The molecule has 0 amide bonds. The van der Waals surface area contributed by atoms with E-state index in [4.69, 9.17) is 9.84 Å². The first-order chi connectivity index (χ1) is 6.66. The maximum absolute atomic E-state index is 10.2. The SMILES string of the molecule is CCOCCCN(C)CCCC(=O)O. The van der Waals surface area contributed by atoms with Crippen molar-refractivity contribution in [1.82, 2.24) is 4.90 Å². The second kappa shape index (κ2) is 8.97. The molecule has 0 rings (SSSR count). The largest absolute Gasteiger partial charge is 0.481 e. The van der Waals surface area contributed by atoms with Gasteiger partial charge in [0.05, 0.1) is 0 Å². The fraction of sp³-hybridized carbons (Fsp3) is 0.900. The molecular formula is C10H21NO3. The number of nitrogens with zero attached hydrogens (tertiary/aromatic N) is 1. The number of carboxylic acid groups (broad SMARTS) is 1. The highest BCUT2D eigenvalue weighted by atomic mass is 16.5. The molecule has 84 valence electrons. The molecule has 14 heavy (non-hydrogen) atoms. The highest BCUT2D eigenvalue weighted by Gasteiger charge is 2.00. The van der Waals surface area contributed by atoms with Gasteiger partial charge < -0.3 is 14.7 Å². The Morgan fingerprint density at radius 2 is 2.00 bits per heavy atom. The van der Waals surface area contributed by atoms with Crippen LogP contribution in [-0.4, -0.2) is 49.3 Å². The quantitative estimate of drug-likeness (QED) is 0.572. The lowest BCUT2D eigenvalue weighted by Gasteiger charge is -2.15. The van der Waals surface area contributed by atoms with Crippen molar-refractivity contribution in [2.45, 2.75) is 26.2 Å². The summed E-state index contributed by atoms with van der Waals surface area (Å²) in [5.41, 5.74) is 0. The van der Waals surface area contributed by atoms with Crippen LogP contribution < -0.4 is 0 Å². The first-order valence-corrected chi connectivity index (χ1v) is 5.15. The summed E-state index contributed by atoms with van der Waals surface area (Å²) in [5.74, 6) is -0.715. The van der Waals surface area contributed by atoms with Gasteiger partial charge in [-0.3, -0.25) is 4.79 Å². The van der Waals surface area contributed by atoms with Crippen LogP contribution in [0.5, 0.6) is 0 Å². The molecule has 0 fully saturated rings. The lowest BCUT2D eigenvalue weighted by Crippen LogP contribution is -2.22. The van der Waals surface area contributed by atoms with Gasteiger partial charge in [0.25, 0.3) is 0 Å². The third-order valence-corrected chi connectivity index (χ3v) is 1.96. The highest BCUT2D eigenvalue weighted by molar-refractivity contribution is 5.66.